The van der Waals surface area contributed by atoms with Crippen LogP contribution < -0.4 is 5.32 Å². The molecule has 25 heavy (non-hydrogen) atoms. The van der Waals surface area contributed by atoms with Crippen LogP contribution in [0.3, 0.4) is 0 Å². The van der Waals surface area contributed by atoms with Gasteiger partial charge in [-0.15, -0.1) is 0 Å². The fraction of sp³-hybridized carbons (Fsp3) is 0.579. The summed E-state index contributed by atoms with van der Waals surface area (Å²) in [5, 5.41) is 3.00. The summed E-state index contributed by atoms with van der Waals surface area (Å²) in [7, 11) is 0. The number of nitrogens with one attached hydrogen (secondary N) is 1. The van der Waals surface area contributed by atoms with Crippen LogP contribution in [0.2, 0.25) is 0 Å². The molecule has 2 saturated heterocycles. The van der Waals surface area contributed by atoms with E-state index in [-0.39, 0.29) is 17.9 Å². The average molecular weight is 345 g/mol. The molecule has 0 unspecified atom stereocenters. The SMILES string of the molecule is Cc1ccc(C)c(NC(=O)CN2CCN(C(=O)[C@H]3CCCO3)CC2)c1. The van der Waals surface area contributed by atoms with Crippen LogP contribution in [-0.2, 0) is 14.3 Å². The third kappa shape index (κ3) is 4.58. The van der Waals surface area contributed by atoms with Crippen LogP contribution in [0.5, 0.6) is 0 Å². The van der Waals surface area contributed by atoms with Crippen LogP contribution >= 0.6 is 0 Å². The second-order valence-electron chi connectivity index (χ2n) is 6.97. The van der Waals surface area contributed by atoms with Crippen molar-refractivity contribution in [2.45, 2.75) is 32.8 Å². The fourth-order valence-corrected chi connectivity index (χ4v) is 3.37. The first kappa shape index (κ1) is 17.9. The minimum Gasteiger partial charge on any atom is -0.368 e. The molecule has 2 aliphatic rings. The molecule has 6 nitrogen and oxygen atoms in total. The molecule has 0 aromatic heterocycles. The summed E-state index contributed by atoms with van der Waals surface area (Å²) >= 11 is 0. The Morgan fingerprint density at radius 1 is 1.20 bits per heavy atom. The summed E-state index contributed by atoms with van der Waals surface area (Å²) in [5.41, 5.74) is 3.06. The molecule has 2 heterocycles. The number of carbonyl (C=O) groups is 2. The lowest BCUT2D eigenvalue weighted by Gasteiger charge is -2.35. The summed E-state index contributed by atoms with van der Waals surface area (Å²) in [4.78, 5) is 28.6. The molecular weight excluding hydrogens is 318 g/mol. The van der Waals surface area contributed by atoms with Gasteiger partial charge in [-0.05, 0) is 43.9 Å². The monoisotopic (exact) mass is 345 g/mol. The predicted octanol–water partition coefficient (Wildman–Crippen LogP) is 1.57. The molecule has 0 aliphatic carbocycles. The number of anilines is 1. The number of benzene rings is 1. The van der Waals surface area contributed by atoms with Gasteiger partial charge in [-0.3, -0.25) is 14.5 Å². The molecule has 3 rings (SSSR count). The van der Waals surface area contributed by atoms with Crippen molar-refractivity contribution in [3.05, 3.63) is 29.3 Å². The molecular formula is C19H27N3O3. The second-order valence-corrected chi connectivity index (χ2v) is 6.97. The van der Waals surface area contributed by atoms with Crippen molar-refractivity contribution in [3.63, 3.8) is 0 Å². The molecule has 1 N–H and O–H groups in total. The lowest BCUT2D eigenvalue weighted by molar-refractivity contribution is -0.142. The molecule has 1 aromatic rings. The van der Waals surface area contributed by atoms with Crippen molar-refractivity contribution >= 4 is 17.5 Å². The molecule has 136 valence electrons. The van der Waals surface area contributed by atoms with Gasteiger partial charge in [-0.1, -0.05) is 12.1 Å². The van der Waals surface area contributed by atoms with E-state index in [1.807, 2.05) is 36.9 Å². The van der Waals surface area contributed by atoms with Gasteiger partial charge in [-0.2, -0.15) is 0 Å². The van der Waals surface area contributed by atoms with Gasteiger partial charge in [0.15, 0.2) is 0 Å². The Bertz CT molecular complexity index is 633. The summed E-state index contributed by atoms with van der Waals surface area (Å²) < 4.78 is 5.48. The number of aryl methyl sites for hydroxylation is 2. The largest absolute Gasteiger partial charge is 0.368 e. The molecule has 2 amide bonds. The number of amides is 2. The highest BCUT2D eigenvalue weighted by molar-refractivity contribution is 5.93. The van der Waals surface area contributed by atoms with Gasteiger partial charge in [0.1, 0.15) is 6.10 Å². The number of nitrogens with zero attached hydrogens (tertiary/aromatic N) is 2. The van der Waals surface area contributed by atoms with Crippen LogP contribution in [-0.4, -0.2) is 67.0 Å². The number of hydrogen-bond donors (Lipinski definition) is 1. The minimum absolute atomic E-state index is 0.00685. The van der Waals surface area contributed by atoms with E-state index in [1.165, 1.54) is 0 Å². The Hall–Kier alpha value is -1.92. The van der Waals surface area contributed by atoms with Crippen molar-refractivity contribution < 1.29 is 14.3 Å². The third-order valence-electron chi connectivity index (χ3n) is 4.92. The summed E-state index contributed by atoms with van der Waals surface area (Å²) in [6.45, 7) is 7.82. The topological polar surface area (TPSA) is 61.9 Å². The highest BCUT2D eigenvalue weighted by Gasteiger charge is 2.30. The van der Waals surface area contributed by atoms with E-state index >= 15 is 0 Å². The summed E-state index contributed by atoms with van der Waals surface area (Å²) in [6.07, 6.45) is 1.55. The number of carbonyl (C=O) groups excluding carboxylic acids is 2. The molecule has 2 aliphatic heterocycles. The van der Waals surface area contributed by atoms with Gasteiger partial charge in [0.2, 0.25) is 5.91 Å². The van der Waals surface area contributed by atoms with E-state index in [1.54, 1.807) is 0 Å². The first-order valence-electron chi connectivity index (χ1n) is 9.03. The Kier molecular flexibility index (Phi) is 5.71. The van der Waals surface area contributed by atoms with Gasteiger partial charge in [0, 0.05) is 38.5 Å². The fourth-order valence-electron chi connectivity index (χ4n) is 3.37. The van der Waals surface area contributed by atoms with E-state index < -0.39 is 0 Å². The minimum atomic E-state index is -0.251. The van der Waals surface area contributed by atoms with Crippen LogP contribution in [0.4, 0.5) is 5.69 Å². The third-order valence-corrected chi connectivity index (χ3v) is 4.92. The summed E-state index contributed by atoms with van der Waals surface area (Å²) in [6, 6.07) is 6.04. The van der Waals surface area contributed by atoms with Crippen molar-refractivity contribution in [2.75, 3.05) is 44.6 Å². The van der Waals surface area contributed by atoms with Crippen LogP contribution in [0, 0.1) is 13.8 Å². The van der Waals surface area contributed by atoms with Crippen LogP contribution in [0.15, 0.2) is 18.2 Å². The van der Waals surface area contributed by atoms with E-state index in [0.717, 1.165) is 42.7 Å². The van der Waals surface area contributed by atoms with Gasteiger partial charge in [-0.25, -0.2) is 0 Å². The average Bonchev–Trinajstić information content (AvgIpc) is 3.13. The molecule has 6 heteroatoms. The molecule has 1 atom stereocenters. The Morgan fingerprint density at radius 2 is 1.96 bits per heavy atom. The first-order chi connectivity index (χ1) is 12.0. The Balaban J connectivity index is 1.46. The molecule has 2 fully saturated rings. The molecule has 0 spiro atoms. The zero-order valence-corrected chi connectivity index (χ0v) is 15.1. The maximum absolute atomic E-state index is 12.3. The quantitative estimate of drug-likeness (QED) is 0.900. The standard InChI is InChI=1S/C19H27N3O3/c1-14-5-6-15(2)16(12-14)20-18(23)13-21-7-9-22(10-8-21)19(24)17-4-3-11-25-17/h5-6,12,17H,3-4,7-11,13H2,1-2H3,(H,20,23)/t17-/m1/s1. The molecule has 0 radical (unpaired) electrons. The Labute approximate surface area is 149 Å². The maximum atomic E-state index is 12.3. The van der Waals surface area contributed by atoms with Gasteiger partial charge in [0.25, 0.3) is 5.91 Å². The highest BCUT2D eigenvalue weighted by atomic mass is 16.5. The Morgan fingerprint density at radius 3 is 2.64 bits per heavy atom. The number of piperazine rings is 1. The number of rotatable bonds is 4. The maximum Gasteiger partial charge on any atom is 0.251 e. The van der Waals surface area contributed by atoms with E-state index in [4.69, 9.17) is 4.74 Å². The predicted molar refractivity (Wildman–Crippen MR) is 96.5 cm³/mol. The second kappa shape index (κ2) is 7.97. The molecule has 1 aromatic carbocycles. The smallest absolute Gasteiger partial charge is 0.251 e. The summed E-state index contributed by atoms with van der Waals surface area (Å²) in [5.74, 6) is 0.101. The van der Waals surface area contributed by atoms with Crippen molar-refractivity contribution in [3.8, 4) is 0 Å². The zero-order chi connectivity index (χ0) is 17.8. The van der Waals surface area contributed by atoms with Crippen molar-refractivity contribution in [1.29, 1.82) is 0 Å². The van der Waals surface area contributed by atoms with Gasteiger partial charge >= 0.3 is 0 Å². The molecule has 0 bridgehead atoms. The van der Waals surface area contributed by atoms with Crippen LogP contribution in [0.25, 0.3) is 0 Å². The lowest BCUT2D eigenvalue weighted by atomic mass is 10.1. The first-order valence-corrected chi connectivity index (χ1v) is 9.03. The lowest BCUT2D eigenvalue weighted by Crippen LogP contribution is -2.52. The van der Waals surface area contributed by atoms with Crippen molar-refractivity contribution in [2.24, 2.45) is 0 Å². The van der Waals surface area contributed by atoms with E-state index in [2.05, 4.69) is 10.2 Å². The van der Waals surface area contributed by atoms with Crippen LogP contribution in [0.1, 0.15) is 24.0 Å². The normalized spacial score (nSPS) is 21.4. The molecule has 0 saturated carbocycles. The van der Waals surface area contributed by atoms with E-state index in [0.29, 0.717) is 26.2 Å². The highest BCUT2D eigenvalue weighted by Crippen LogP contribution is 2.17. The van der Waals surface area contributed by atoms with E-state index in [9.17, 15) is 9.59 Å². The number of hydrogen-bond acceptors (Lipinski definition) is 4. The van der Waals surface area contributed by atoms with Gasteiger partial charge < -0.3 is 15.0 Å². The zero-order valence-electron chi connectivity index (χ0n) is 15.1. The van der Waals surface area contributed by atoms with Gasteiger partial charge in [0.05, 0.1) is 6.54 Å². The number of ether oxygens (including phenoxy) is 1. The van der Waals surface area contributed by atoms with Crippen molar-refractivity contribution in [1.82, 2.24) is 9.80 Å².